The van der Waals surface area contributed by atoms with Gasteiger partial charge in [0.1, 0.15) is 12.3 Å². The maximum absolute atomic E-state index is 10.2. The van der Waals surface area contributed by atoms with Crippen molar-refractivity contribution in [3.8, 4) is 0 Å². The van der Waals surface area contributed by atoms with E-state index < -0.39 is 0 Å². The van der Waals surface area contributed by atoms with Crippen molar-refractivity contribution in [1.82, 2.24) is 0 Å². The van der Waals surface area contributed by atoms with Crippen LogP contribution in [0, 0.1) is 0 Å². The van der Waals surface area contributed by atoms with E-state index in [1.165, 1.54) is 62.8 Å². The van der Waals surface area contributed by atoms with Crippen LogP contribution in [-0.4, -0.2) is 28.0 Å². The van der Waals surface area contributed by atoms with E-state index in [4.69, 9.17) is 0 Å². The van der Waals surface area contributed by atoms with E-state index in [-0.39, 0.29) is 0 Å². The van der Waals surface area contributed by atoms with E-state index in [0.717, 1.165) is 18.6 Å². The van der Waals surface area contributed by atoms with Crippen molar-refractivity contribution in [1.29, 1.82) is 0 Å². The number of aliphatic hydroxyl groups excluding tert-OH is 1. The van der Waals surface area contributed by atoms with Gasteiger partial charge in [-0.3, -0.25) is 0 Å². The molecule has 1 saturated carbocycles. The number of hydrogen-bond donors (Lipinski definition) is 1. The van der Waals surface area contributed by atoms with E-state index in [1.807, 2.05) is 0 Å². The largest absolute Gasteiger partial charge is 0.512 e. The number of piperidine rings is 1. The fourth-order valence-corrected chi connectivity index (χ4v) is 3.61. The molecule has 0 spiro atoms. The predicted molar refractivity (Wildman–Crippen MR) is 65.1 cm³/mol. The van der Waals surface area contributed by atoms with Crippen molar-refractivity contribution in [2.24, 2.45) is 0 Å². The van der Waals surface area contributed by atoms with Crippen molar-refractivity contribution in [3.63, 3.8) is 0 Å². The summed E-state index contributed by atoms with van der Waals surface area (Å²) in [6, 6.07) is 0.616. The van der Waals surface area contributed by atoms with Gasteiger partial charge in [0.25, 0.3) is 0 Å². The Kier molecular flexibility index (Phi) is 2.74. The Balaban J connectivity index is 2.01. The summed E-state index contributed by atoms with van der Waals surface area (Å²) in [4.78, 5) is 0. The molecule has 2 heteroatoms. The van der Waals surface area contributed by atoms with Crippen LogP contribution in [0.25, 0.3) is 0 Å². The lowest BCUT2D eigenvalue weighted by Gasteiger charge is -2.28. The summed E-state index contributed by atoms with van der Waals surface area (Å²) in [5.74, 6) is 0.722. The third-order valence-corrected chi connectivity index (χ3v) is 4.44. The maximum Gasteiger partial charge on any atom is 0.182 e. The van der Waals surface area contributed by atoms with Gasteiger partial charge < -0.3 is 5.11 Å². The lowest BCUT2D eigenvalue weighted by atomic mass is 9.90. The first kappa shape index (κ1) is 10.4. The molecule has 0 aromatic heterocycles. The van der Waals surface area contributed by atoms with Gasteiger partial charge in [-0.2, -0.15) is 0 Å². The zero-order chi connectivity index (χ0) is 11.0. The molecule has 2 aliphatic heterocycles. The maximum atomic E-state index is 10.2. The number of nitrogens with zero attached hydrogens (tertiary/aromatic N) is 1. The molecule has 3 aliphatic rings. The molecule has 0 unspecified atom stereocenters. The van der Waals surface area contributed by atoms with Gasteiger partial charge in [0.2, 0.25) is 0 Å². The molecule has 2 heterocycles. The summed E-state index contributed by atoms with van der Waals surface area (Å²) in [5.41, 5.74) is 2.82. The highest BCUT2D eigenvalue weighted by Crippen LogP contribution is 2.31. The summed E-state index contributed by atoms with van der Waals surface area (Å²) in [6.07, 6.45) is 11.1. The zero-order valence-electron chi connectivity index (χ0n) is 10.0. The lowest BCUT2D eigenvalue weighted by Crippen LogP contribution is -2.40. The van der Waals surface area contributed by atoms with Gasteiger partial charge in [-0.15, -0.1) is 0 Å². The molecule has 2 fully saturated rings. The highest BCUT2D eigenvalue weighted by Gasteiger charge is 2.37. The molecule has 88 valence electrons. The molecule has 1 aliphatic carbocycles. The van der Waals surface area contributed by atoms with Gasteiger partial charge in [0, 0.05) is 19.3 Å². The SMILES string of the molecule is OC1=C2CCCCCC2=[N+]2CCCC[C@@H]2C1. The van der Waals surface area contributed by atoms with Crippen molar-refractivity contribution in [3.05, 3.63) is 11.3 Å². The molecule has 2 nitrogen and oxygen atoms in total. The number of rotatable bonds is 0. The summed E-state index contributed by atoms with van der Waals surface area (Å²) >= 11 is 0. The number of aliphatic hydroxyl groups is 1. The highest BCUT2D eigenvalue weighted by atomic mass is 16.3. The Morgan fingerprint density at radius 2 is 1.88 bits per heavy atom. The Morgan fingerprint density at radius 3 is 2.81 bits per heavy atom. The molecule has 1 atom stereocenters. The molecular weight excluding hydrogens is 198 g/mol. The van der Waals surface area contributed by atoms with Gasteiger partial charge in [-0.05, 0) is 25.7 Å². The predicted octanol–water partition coefficient (Wildman–Crippen LogP) is 3.17. The molecule has 1 N–H and O–H groups in total. The van der Waals surface area contributed by atoms with Crippen LogP contribution in [0.2, 0.25) is 0 Å². The van der Waals surface area contributed by atoms with Crippen LogP contribution < -0.4 is 0 Å². The smallest absolute Gasteiger partial charge is 0.182 e. The monoisotopic (exact) mass is 220 g/mol. The van der Waals surface area contributed by atoms with Crippen LogP contribution in [0.5, 0.6) is 0 Å². The van der Waals surface area contributed by atoms with E-state index in [2.05, 4.69) is 4.58 Å². The van der Waals surface area contributed by atoms with Crippen LogP contribution in [0.1, 0.15) is 57.8 Å². The fraction of sp³-hybridized carbons (Fsp3) is 0.786. The third-order valence-electron chi connectivity index (χ3n) is 4.44. The first-order valence-corrected chi connectivity index (χ1v) is 6.90. The van der Waals surface area contributed by atoms with Crippen LogP contribution in [-0.2, 0) is 0 Å². The molecule has 3 rings (SSSR count). The van der Waals surface area contributed by atoms with Crippen molar-refractivity contribution in [2.45, 2.75) is 63.8 Å². The van der Waals surface area contributed by atoms with Crippen molar-refractivity contribution >= 4 is 5.71 Å². The molecule has 1 saturated heterocycles. The molecule has 0 aromatic carbocycles. The first-order chi connectivity index (χ1) is 7.86. The molecule has 0 aromatic rings. The average molecular weight is 220 g/mol. The van der Waals surface area contributed by atoms with E-state index in [1.54, 1.807) is 0 Å². The molecule has 16 heavy (non-hydrogen) atoms. The molecular formula is C14H22NO+. The number of fused-ring (bicyclic) bond motifs is 2. The Morgan fingerprint density at radius 1 is 1.00 bits per heavy atom. The quantitative estimate of drug-likeness (QED) is 0.623. The second-order valence-electron chi connectivity index (χ2n) is 5.48. The van der Waals surface area contributed by atoms with Crippen LogP contribution in [0.3, 0.4) is 0 Å². The summed E-state index contributed by atoms with van der Waals surface area (Å²) in [7, 11) is 0. The highest BCUT2D eigenvalue weighted by molar-refractivity contribution is 5.97. The van der Waals surface area contributed by atoms with Crippen molar-refractivity contribution < 1.29 is 9.68 Å². The number of hydrogen-bond acceptors (Lipinski definition) is 1. The topological polar surface area (TPSA) is 23.2 Å². The van der Waals surface area contributed by atoms with E-state index >= 15 is 0 Å². The van der Waals surface area contributed by atoms with Gasteiger partial charge in [0.15, 0.2) is 11.8 Å². The van der Waals surface area contributed by atoms with E-state index in [9.17, 15) is 5.11 Å². The van der Waals surface area contributed by atoms with Crippen LogP contribution in [0.15, 0.2) is 11.3 Å². The third kappa shape index (κ3) is 1.68. The Labute approximate surface area is 97.7 Å². The van der Waals surface area contributed by atoms with Gasteiger partial charge >= 0.3 is 0 Å². The molecule has 0 amide bonds. The van der Waals surface area contributed by atoms with Crippen LogP contribution in [0.4, 0.5) is 0 Å². The minimum absolute atomic E-state index is 0.616. The fourth-order valence-electron chi connectivity index (χ4n) is 3.61. The van der Waals surface area contributed by atoms with Gasteiger partial charge in [0.05, 0.1) is 12.0 Å². The van der Waals surface area contributed by atoms with Gasteiger partial charge in [-0.25, -0.2) is 4.58 Å². The molecule has 0 radical (unpaired) electrons. The second-order valence-corrected chi connectivity index (χ2v) is 5.48. The second kappa shape index (κ2) is 4.23. The zero-order valence-corrected chi connectivity index (χ0v) is 10.0. The Hall–Kier alpha value is -0.790. The van der Waals surface area contributed by atoms with E-state index in [0.29, 0.717) is 6.04 Å². The summed E-state index contributed by atoms with van der Waals surface area (Å²) in [6.45, 7) is 1.23. The minimum atomic E-state index is 0.616. The van der Waals surface area contributed by atoms with Crippen LogP contribution >= 0.6 is 0 Å². The Bertz CT molecular complexity index is 354. The molecule has 0 bridgehead atoms. The van der Waals surface area contributed by atoms with Crippen molar-refractivity contribution in [2.75, 3.05) is 6.54 Å². The summed E-state index contributed by atoms with van der Waals surface area (Å²) in [5, 5.41) is 10.2. The van der Waals surface area contributed by atoms with Gasteiger partial charge in [-0.1, -0.05) is 6.42 Å². The minimum Gasteiger partial charge on any atom is -0.512 e. The standard InChI is InChI=1S/C14H21NO/c16-14-10-11-6-4-5-9-15(11)13-8-3-1-2-7-12(13)14/h11H,1-10H2/p+1/t11-/m1/s1. The summed E-state index contributed by atoms with van der Waals surface area (Å²) < 4.78 is 2.63. The first-order valence-electron chi connectivity index (χ1n) is 6.90. The lowest BCUT2D eigenvalue weighted by molar-refractivity contribution is -0.578. The number of allylic oxidation sites excluding steroid dienone is 1. The average Bonchev–Trinajstić information content (AvgIpc) is 2.55. The normalized spacial score (nSPS) is 30.9.